The first-order valence-electron chi connectivity index (χ1n) is 4.17. The molecule has 1 aromatic carbocycles. The second-order valence-corrected chi connectivity index (χ2v) is 3.75. The van der Waals surface area contributed by atoms with Crippen LogP contribution in [0, 0.1) is 0 Å². The van der Waals surface area contributed by atoms with Crippen molar-refractivity contribution in [3.05, 3.63) is 22.4 Å². The van der Waals surface area contributed by atoms with Gasteiger partial charge in [0.05, 0.1) is 29.2 Å². The Morgan fingerprint density at radius 2 is 2.36 bits per heavy atom. The molecule has 14 heavy (non-hydrogen) atoms. The molecular formula is C9H10BrN3O. The number of imidazole rings is 1. The van der Waals surface area contributed by atoms with Gasteiger partial charge in [-0.15, -0.1) is 0 Å². The van der Waals surface area contributed by atoms with E-state index in [2.05, 4.69) is 25.9 Å². The van der Waals surface area contributed by atoms with Gasteiger partial charge in [-0.2, -0.15) is 0 Å². The van der Waals surface area contributed by atoms with Gasteiger partial charge in [-0.25, -0.2) is 4.98 Å². The summed E-state index contributed by atoms with van der Waals surface area (Å²) in [7, 11) is 1.63. The Kier molecular flexibility index (Phi) is 2.43. The first kappa shape index (κ1) is 9.48. The molecule has 0 radical (unpaired) electrons. The molecule has 0 saturated heterocycles. The minimum absolute atomic E-state index is 0.411. The summed E-state index contributed by atoms with van der Waals surface area (Å²) in [6.45, 7) is 0.411. The normalized spacial score (nSPS) is 10.8. The molecule has 0 spiro atoms. The number of H-pyrrole nitrogens is 1. The standard InChI is InChI=1S/C9H10BrN3O/c1-14-8-3-7-6(2-5(8)10)12-9(4-11)13-7/h2-3H,4,11H2,1H3,(H,12,13). The molecular weight excluding hydrogens is 246 g/mol. The van der Waals surface area contributed by atoms with Gasteiger partial charge in [0, 0.05) is 6.07 Å². The van der Waals surface area contributed by atoms with Crippen LogP contribution in [0.1, 0.15) is 5.82 Å². The summed E-state index contributed by atoms with van der Waals surface area (Å²) in [5.74, 6) is 1.55. The fourth-order valence-corrected chi connectivity index (χ4v) is 1.82. The van der Waals surface area contributed by atoms with Crippen LogP contribution in [-0.4, -0.2) is 17.1 Å². The van der Waals surface area contributed by atoms with Gasteiger partial charge in [0.15, 0.2) is 0 Å². The number of nitrogens with one attached hydrogen (secondary N) is 1. The Bertz CT molecular complexity index is 466. The van der Waals surface area contributed by atoms with Crippen molar-refractivity contribution in [3.63, 3.8) is 0 Å². The number of hydrogen-bond acceptors (Lipinski definition) is 3. The second kappa shape index (κ2) is 3.59. The van der Waals surface area contributed by atoms with E-state index in [4.69, 9.17) is 10.5 Å². The zero-order valence-electron chi connectivity index (χ0n) is 7.67. The number of nitrogens with two attached hydrogens (primary N) is 1. The molecule has 0 fully saturated rings. The van der Waals surface area contributed by atoms with E-state index in [0.717, 1.165) is 27.1 Å². The van der Waals surface area contributed by atoms with Gasteiger partial charge in [-0.1, -0.05) is 0 Å². The summed E-state index contributed by atoms with van der Waals surface area (Å²) in [5, 5.41) is 0. The second-order valence-electron chi connectivity index (χ2n) is 2.89. The maximum atomic E-state index is 5.49. The molecule has 0 saturated carbocycles. The molecule has 1 heterocycles. The van der Waals surface area contributed by atoms with Crippen LogP contribution >= 0.6 is 15.9 Å². The summed E-state index contributed by atoms with van der Waals surface area (Å²) in [6, 6.07) is 3.80. The van der Waals surface area contributed by atoms with Crippen LogP contribution in [-0.2, 0) is 6.54 Å². The number of nitrogens with zero attached hydrogens (tertiary/aromatic N) is 1. The van der Waals surface area contributed by atoms with Crippen molar-refractivity contribution in [2.24, 2.45) is 5.73 Å². The van der Waals surface area contributed by atoms with E-state index in [1.54, 1.807) is 7.11 Å². The number of fused-ring (bicyclic) bond motifs is 1. The quantitative estimate of drug-likeness (QED) is 0.860. The summed E-state index contributed by atoms with van der Waals surface area (Å²) in [5.41, 5.74) is 7.31. The molecule has 0 amide bonds. The number of aromatic nitrogens is 2. The predicted molar refractivity (Wildman–Crippen MR) is 58.2 cm³/mol. The fourth-order valence-electron chi connectivity index (χ4n) is 1.32. The molecule has 5 heteroatoms. The molecule has 1 aromatic heterocycles. The van der Waals surface area contributed by atoms with E-state index in [0.29, 0.717) is 6.54 Å². The number of benzene rings is 1. The van der Waals surface area contributed by atoms with Gasteiger partial charge < -0.3 is 15.5 Å². The van der Waals surface area contributed by atoms with Gasteiger partial charge in [0.2, 0.25) is 0 Å². The monoisotopic (exact) mass is 255 g/mol. The number of rotatable bonds is 2. The highest BCUT2D eigenvalue weighted by atomic mass is 79.9. The van der Waals surface area contributed by atoms with Crippen LogP contribution in [0.25, 0.3) is 11.0 Å². The molecule has 2 rings (SSSR count). The molecule has 0 aliphatic heterocycles. The minimum atomic E-state index is 0.411. The lowest BCUT2D eigenvalue weighted by molar-refractivity contribution is 0.412. The summed E-state index contributed by atoms with van der Waals surface area (Å²) < 4.78 is 6.07. The molecule has 0 aliphatic rings. The molecule has 0 bridgehead atoms. The van der Waals surface area contributed by atoms with E-state index < -0.39 is 0 Å². The molecule has 0 atom stereocenters. The third-order valence-corrected chi connectivity index (χ3v) is 2.62. The van der Waals surface area contributed by atoms with E-state index in [1.165, 1.54) is 0 Å². The zero-order valence-corrected chi connectivity index (χ0v) is 9.26. The maximum absolute atomic E-state index is 5.49. The third kappa shape index (κ3) is 1.49. The Balaban J connectivity index is 2.64. The molecule has 2 aromatic rings. The molecule has 0 aliphatic carbocycles. The van der Waals surface area contributed by atoms with Gasteiger partial charge >= 0.3 is 0 Å². The van der Waals surface area contributed by atoms with E-state index in [-0.39, 0.29) is 0 Å². The molecule has 0 unspecified atom stereocenters. The van der Waals surface area contributed by atoms with E-state index >= 15 is 0 Å². The van der Waals surface area contributed by atoms with E-state index in [1.807, 2.05) is 12.1 Å². The Hall–Kier alpha value is -1.07. The van der Waals surface area contributed by atoms with Crippen molar-refractivity contribution >= 4 is 27.0 Å². The highest BCUT2D eigenvalue weighted by Gasteiger charge is 2.06. The van der Waals surface area contributed by atoms with Crippen molar-refractivity contribution in [3.8, 4) is 5.75 Å². The van der Waals surface area contributed by atoms with Crippen LogP contribution in [0.15, 0.2) is 16.6 Å². The van der Waals surface area contributed by atoms with Crippen molar-refractivity contribution in [1.29, 1.82) is 0 Å². The first-order valence-corrected chi connectivity index (χ1v) is 4.96. The van der Waals surface area contributed by atoms with Gasteiger partial charge in [0.25, 0.3) is 0 Å². The Morgan fingerprint density at radius 1 is 1.57 bits per heavy atom. The van der Waals surface area contributed by atoms with Crippen LogP contribution in [0.4, 0.5) is 0 Å². The van der Waals surface area contributed by atoms with Crippen molar-refractivity contribution in [2.45, 2.75) is 6.54 Å². The third-order valence-electron chi connectivity index (χ3n) is 2.00. The van der Waals surface area contributed by atoms with Gasteiger partial charge in [0.1, 0.15) is 11.6 Å². The van der Waals surface area contributed by atoms with Crippen LogP contribution < -0.4 is 10.5 Å². The summed E-state index contributed by atoms with van der Waals surface area (Å²) in [6.07, 6.45) is 0. The molecule has 74 valence electrons. The Morgan fingerprint density at radius 3 is 3.00 bits per heavy atom. The zero-order chi connectivity index (χ0) is 10.1. The van der Waals surface area contributed by atoms with Crippen molar-refractivity contribution < 1.29 is 4.74 Å². The minimum Gasteiger partial charge on any atom is -0.495 e. The molecule has 4 nitrogen and oxygen atoms in total. The average Bonchev–Trinajstić information content (AvgIpc) is 2.58. The van der Waals surface area contributed by atoms with E-state index in [9.17, 15) is 0 Å². The smallest absolute Gasteiger partial charge is 0.135 e. The highest BCUT2D eigenvalue weighted by molar-refractivity contribution is 9.10. The topological polar surface area (TPSA) is 63.9 Å². The fraction of sp³-hybridized carbons (Fsp3) is 0.222. The maximum Gasteiger partial charge on any atom is 0.135 e. The van der Waals surface area contributed by atoms with Crippen molar-refractivity contribution in [1.82, 2.24) is 9.97 Å². The van der Waals surface area contributed by atoms with Gasteiger partial charge in [-0.3, -0.25) is 0 Å². The molecule has 3 N–H and O–H groups in total. The lowest BCUT2D eigenvalue weighted by atomic mass is 10.3. The number of halogens is 1. The van der Waals surface area contributed by atoms with Crippen LogP contribution in [0.2, 0.25) is 0 Å². The van der Waals surface area contributed by atoms with Crippen LogP contribution in [0.3, 0.4) is 0 Å². The number of ether oxygens (including phenoxy) is 1. The number of hydrogen-bond donors (Lipinski definition) is 2. The summed E-state index contributed by atoms with van der Waals surface area (Å²) in [4.78, 5) is 7.42. The lowest BCUT2D eigenvalue weighted by Crippen LogP contribution is -1.97. The van der Waals surface area contributed by atoms with Gasteiger partial charge in [-0.05, 0) is 22.0 Å². The summed E-state index contributed by atoms with van der Waals surface area (Å²) >= 11 is 3.40. The first-order chi connectivity index (χ1) is 6.74. The average molecular weight is 256 g/mol. The lowest BCUT2D eigenvalue weighted by Gasteiger charge is -2.01. The van der Waals surface area contributed by atoms with Crippen molar-refractivity contribution in [2.75, 3.05) is 7.11 Å². The van der Waals surface area contributed by atoms with Crippen LogP contribution in [0.5, 0.6) is 5.75 Å². The Labute approximate surface area is 89.6 Å². The number of methoxy groups -OCH3 is 1. The SMILES string of the molecule is COc1cc2nc(CN)[nH]c2cc1Br. The predicted octanol–water partition coefficient (Wildman–Crippen LogP) is 1.79. The largest absolute Gasteiger partial charge is 0.495 e. The highest BCUT2D eigenvalue weighted by Crippen LogP contribution is 2.28. The number of aromatic amines is 1.